The van der Waals surface area contributed by atoms with Gasteiger partial charge in [-0.3, -0.25) is 9.36 Å². The highest BCUT2D eigenvalue weighted by Gasteiger charge is 2.33. The van der Waals surface area contributed by atoms with Gasteiger partial charge in [-0.05, 0) is 55.3 Å². The SMILES string of the molecule is CCOC(=O)C1=C(C)N=c2s/c(=C/c3ccc(O)c(OC)c3)c(=O)n2C1c1ccc(N(C)C)cc1. The Morgan fingerprint density at radius 1 is 1.23 bits per heavy atom. The molecule has 0 fully saturated rings. The van der Waals surface area contributed by atoms with Crippen molar-refractivity contribution in [2.24, 2.45) is 4.99 Å². The predicted molar refractivity (Wildman–Crippen MR) is 136 cm³/mol. The maximum atomic E-state index is 13.6. The van der Waals surface area contributed by atoms with E-state index in [0.717, 1.165) is 11.3 Å². The summed E-state index contributed by atoms with van der Waals surface area (Å²) in [6.45, 7) is 3.72. The Balaban J connectivity index is 1.92. The van der Waals surface area contributed by atoms with E-state index in [1.54, 1.807) is 36.6 Å². The van der Waals surface area contributed by atoms with Gasteiger partial charge >= 0.3 is 5.97 Å². The van der Waals surface area contributed by atoms with Crippen LogP contribution >= 0.6 is 11.3 Å². The van der Waals surface area contributed by atoms with Crippen molar-refractivity contribution in [1.29, 1.82) is 0 Å². The standard InChI is InChI=1S/C26H27N3O5S/c1-6-34-25(32)22-15(2)27-26-29(23(22)17-8-10-18(11-9-17)28(3)4)24(31)21(35-26)14-16-7-12-19(30)20(13-16)33-5/h7-14,23,30H,6H2,1-5H3/b21-14+. The number of hydrogen-bond acceptors (Lipinski definition) is 8. The molecular weight excluding hydrogens is 466 g/mol. The lowest BCUT2D eigenvalue weighted by atomic mass is 9.95. The summed E-state index contributed by atoms with van der Waals surface area (Å²) in [6.07, 6.45) is 1.72. The number of allylic oxidation sites excluding steroid dienone is 1. The molecule has 1 aliphatic rings. The van der Waals surface area contributed by atoms with Gasteiger partial charge in [0.2, 0.25) is 0 Å². The average molecular weight is 494 g/mol. The smallest absolute Gasteiger partial charge is 0.338 e. The van der Waals surface area contributed by atoms with Crippen LogP contribution in [0.15, 0.2) is 63.5 Å². The number of hydrogen-bond donors (Lipinski definition) is 1. The number of thiazole rings is 1. The van der Waals surface area contributed by atoms with Gasteiger partial charge in [-0.1, -0.05) is 29.5 Å². The number of fused-ring (bicyclic) bond motifs is 1. The van der Waals surface area contributed by atoms with E-state index in [1.165, 1.54) is 24.5 Å². The molecule has 35 heavy (non-hydrogen) atoms. The average Bonchev–Trinajstić information content (AvgIpc) is 3.13. The Labute approximate surface area is 206 Å². The maximum absolute atomic E-state index is 13.6. The van der Waals surface area contributed by atoms with Gasteiger partial charge in [0.05, 0.1) is 35.6 Å². The molecule has 4 rings (SSSR count). The lowest BCUT2D eigenvalue weighted by Gasteiger charge is -2.25. The van der Waals surface area contributed by atoms with Gasteiger partial charge in [0, 0.05) is 19.8 Å². The van der Waals surface area contributed by atoms with Gasteiger partial charge in [-0.2, -0.15) is 0 Å². The number of ether oxygens (including phenoxy) is 2. The van der Waals surface area contributed by atoms with Crippen LogP contribution in [0.3, 0.4) is 0 Å². The van der Waals surface area contributed by atoms with Crippen LogP contribution in [0.25, 0.3) is 6.08 Å². The third kappa shape index (κ3) is 4.59. The van der Waals surface area contributed by atoms with Gasteiger partial charge in [-0.15, -0.1) is 0 Å². The van der Waals surface area contributed by atoms with Crippen LogP contribution in [-0.4, -0.2) is 43.5 Å². The van der Waals surface area contributed by atoms with E-state index in [9.17, 15) is 14.7 Å². The molecule has 1 N–H and O–H groups in total. The minimum Gasteiger partial charge on any atom is -0.504 e. The summed E-state index contributed by atoms with van der Waals surface area (Å²) >= 11 is 1.24. The number of benzene rings is 2. The van der Waals surface area contributed by atoms with Crippen LogP contribution in [0.4, 0.5) is 5.69 Å². The number of anilines is 1. The summed E-state index contributed by atoms with van der Waals surface area (Å²) in [5.41, 5.74) is 3.07. The number of esters is 1. The third-order valence-electron chi connectivity index (χ3n) is 5.74. The van der Waals surface area contributed by atoms with Gasteiger partial charge in [0.15, 0.2) is 16.3 Å². The molecule has 0 saturated heterocycles. The van der Waals surface area contributed by atoms with Crippen LogP contribution in [0.1, 0.15) is 31.0 Å². The minimum absolute atomic E-state index is 0.0157. The zero-order valence-electron chi connectivity index (χ0n) is 20.2. The van der Waals surface area contributed by atoms with E-state index in [1.807, 2.05) is 43.3 Å². The second-order valence-electron chi connectivity index (χ2n) is 8.22. The fourth-order valence-electron chi connectivity index (χ4n) is 4.00. The summed E-state index contributed by atoms with van der Waals surface area (Å²) in [5.74, 6) is -0.166. The zero-order valence-corrected chi connectivity index (χ0v) is 21.0. The largest absolute Gasteiger partial charge is 0.504 e. The number of nitrogens with zero attached hydrogens (tertiary/aromatic N) is 3. The first-order chi connectivity index (χ1) is 16.7. The summed E-state index contributed by atoms with van der Waals surface area (Å²) in [5, 5.41) is 9.89. The molecule has 0 saturated carbocycles. The monoisotopic (exact) mass is 493 g/mol. The van der Waals surface area contributed by atoms with Crippen LogP contribution < -0.4 is 24.5 Å². The molecule has 1 atom stereocenters. The topological polar surface area (TPSA) is 93.4 Å². The quantitative estimate of drug-likeness (QED) is 0.531. The van der Waals surface area contributed by atoms with Gasteiger partial charge < -0.3 is 19.5 Å². The molecule has 2 aromatic carbocycles. The molecule has 182 valence electrons. The Morgan fingerprint density at radius 3 is 2.57 bits per heavy atom. The van der Waals surface area contributed by atoms with Crippen molar-refractivity contribution in [3.8, 4) is 11.5 Å². The number of rotatable bonds is 6. The fraction of sp³-hybridized carbons (Fsp3) is 0.269. The molecule has 8 nitrogen and oxygen atoms in total. The summed E-state index contributed by atoms with van der Waals surface area (Å²) < 4.78 is 12.5. The van der Waals surface area contributed by atoms with Gasteiger partial charge in [0.25, 0.3) is 5.56 Å². The number of phenols is 1. The van der Waals surface area contributed by atoms with Crippen LogP contribution in [0.5, 0.6) is 11.5 Å². The normalized spacial score (nSPS) is 15.5. The van der Waals surface area contributed by atoms with E-state index in [0.29, 0.717) is 31.9 Å². The Kier molecular flexibility index (Phi) is 6.79. The molecule has 3 aromatic rings. The van der Waals surface area contributed by atoms with Crippen LogP contribution in [-0.2, 0) is 9.53 Å². The minimum atomic E-state index is -0.669. The molecule has 2 heterocycles. The Morgan fingerprint density at radius 2 is 1.94 bits per heavy atom. The summed E-state index contributed by atoms with van der Waals surface area (Å²) in [7, 11) is 5.36. The number of carbonyl (C=O) groups excluding carboxylic acids is 1. The van der Waals surface area contributed by atoms with Crippen molar-refractivity contribution in [3.63, 3.8) is 0 Å². The van der Waals surface area contributed by atoms with Crippen molar-refractivity contribution in [1.82, 2.24) is 4.57 Å². The second kappa shape index (κ2) is 9.79. The predicted octanol–water partition coefficient (Wildman–Crippen LogP) is 2.58. The highest BCUT2D eigenvalue weighted by Crippen LogP contribution is 2.32. The Bertz CT molecular complexity index is 1480. The molecule has 1 aromatic heterocycles. The van der Waals surface area contributed by atoms with Crippen molar-refractivity contribution in [3.05, 3.63) is 84.5 Å². The van der Waals surface area contributed by atoms with Crippen LogP contribution in [0, 0.1) is 0 Å². The molecule has 0 spiro atoms. The van der Waals surface area contributed by atoms with E-state index in [-0.39, 0.29) is 17.9 Å². The third-order valence-corrected chi connectivity index (χ3v) is 6.73. The van der Waals surface area contributed by atoms with Crippen molar-refractivity contribution < 1.29 is 19.4 Å². The molecule has 9 heteroatoms. The molecule has 1 unspecified atom stereocenters. The van der Waals surface area contributed by atoms with E-state index in [2.05, 4.69) is 4.99 Å². The molecule has 1 aliphatic heterocycles. The Hall–Kier alpha value is -3.85. The fourth-order valence-corrected chi connectivity index (χ4v) is 5.04. The second-order valence-corrected chi connectivity index (χ2v) is 9.23. The van der Waals surface area contributed by atoms with Crippen molar-refractivity contribution in [2.75, 3.05) is 32.7 Å². The van der Waals surface area contributed by atoms with Crippen molar-refractivity contribution >= 4 is 29.1 Å². The molecule has 0 amide bonds. The lowest BCUT2D eigenvalue weighted by molar-refractivity contribution is -0.139. The molecular formula is C26H27N3O5S. The zero-order chi connectivity index (χ0) is 25.3. The maximum Gasteiger partial charge on any atom is 0.338 e. The first kappa shape index (κ1) is 24.3. The number of methoxy groups -OCH3 is 1. The summed E-state index contributed by atoms with van der Waals surface area (Å²) in [6, 6.07) is 11.9. The lowest BCUT2D eigenvalue weighted by Crippen LogP contribution is -2.39. The first-order valence-electron chi connectivity index (χ1n) is 11.1. The number of phenolic OH excluding ortho intramolecular Hbond substituents is 1. The van der Waals surface area contributed by atoms with E-state index < -0.39 is 12.0 Å². The summed E-state index contributed by atoms with van der Waals surface area (Å²) in [4.78, 5) is 33.7. The van der Waals surface area contributed by atoms with E-state index in [4.69, 9.17) is 9.47 Å². The van der Waals surface area contributed by atoms with Crippen molar-refractivity contribution in [2.45, 2.75) is 19.9 Å². The van der Waals surface area contributed by atoms with E-state index >= 15 is 0 Å². The highest BCUT2D eigenvalue weighted by molar-refractivity contribution is 7.07. The number of aromatic hydroxyl groups is 1. The number of aromatic nitrogens is 1. The molecule has 0 aliphatic carbocycles. The first-order valence-corrected chi connectivity index (χ1v) is 11.9. The van der Waals surface area contributed by atoms with Gasteiger partial charge in [0.1, 0.15) is 0 Å². The molecule has 0 bridgehead atoms. The molecule has 0 radical (unpaired) electrons. The van der Waals surface area contributed by atoms with Gasteiger partial charge in [-0.25, -0.2) is 9.79 Å². The van der Waals surface area contributed by atoms with Crippen LogP contribution in [0.2, 0.25) is 0 Å². The highest BCUT2D eigenvalue weighted by atomic mass is 32.1. The number of carbonyl (C=O) groups is 1.